The molecule has 6 rings (SSSR count). The molecule has 208 valence electrons. The van der Waals surface area contributed by atoms with Crippen molar-refractivity contribution < 1.29 is 9.53 Å². The van der Waals surface area contributed by atoms with Crippen LogP contribution < -0.4 is 15.1 Å². The summed E-state index contributed by atoms with van der Waals surface area (Å²) in [5.74, 6) is 2.45. The molecule has 0 saturated carbocycles. The molecule has 9 heteroatoms. The Hall–Kier alpha value is -2.75. The Labute approximate surface area is 235 Å². The Morgan fingerprint density at radius 2 is 1.79 bits per heavy atom. The van der Waals surface area contributed by atoms with Crippen LogP contribution in [0, 0.1) is 5.92 Å². The molecule has 1 atom stereocenters. The van der Waals surface area contributed by atoms with E-state index in [-0.39, 0.29) is 11.9 Å². The third-order valence-electron chi connectivity index (χ3n) is 8.38. The molecule has 0 bridgehead atoms. The minimum atomic E-state index is 0.0209. The molecule has 3 saturated heterocycles. The lowest BCUT2D eigenvalue weighted by Crippen LogP contribution is -2.37. The van der Waals surface area contributed by atoms with Crippen molar-refractivity contribution in [3.63, 3.8) is 0 Å². The summed E-state index contributed by atoms with van der Waals surface area (Å²) in [5.41, 5.74) is 2.41. The maximum Gasteiger partial charge on any atom is 0.228 e. The second-order valence-corrected chi connectivity index (χ2v) is 12.1. The first kappa shape index (κ1) is 26.5. The Morgan fingerprint density at radius 1 is 1.03 bits per heavy atom. The number of nitrogens with one attached hydrogen (secondary N) is 1. The summed E-state index contributed by atoms with van der Waals surface area (Å²) in [4.78, 5) is 30.1. The molecule has 3 aromatic rings. The van der Waals surface area contributed by atoms with Crippen molar-refractivity contribution in [3.8, 4) is 11.1 Å². The first-order chi connectivity index (χ1) is 19.1. The number of amides is 1. The Kier molecular flexibility index (Phi) is 8.27. The molecular formula is C30H40N6O2S. The molecule has 2 aromatic heterocycles. The first-order valence-electron chi connectivity index (χ1n) is 14.6. The molecule has 8 nitrogen and oxygen atoms in total. The molecule has 3 aliphatic heterocycles. The van der Waals surface area contributed by atoms with Crippen LogP contribution in [0.2, 0.25) is 0 Å². The van der Waals surface area contributed by atoms with E-state index in [0.717, 1.165) is 87.2 Å². The van der Waals surface area contributed by atoms with E-state index in [1.165, 1.54) is 37.1 Å². The zero-order chi connectivity index (χ0) is 26.6. The molecule has 1 N–H and O–H groups in total. The van der Waals surface area contributed by atoms with E-state index in [2.05, 4.69) is 55.7 Å². The number of hydrogen-bond acceptors (Lipinski definition) is 8. The lowest BCUT2D eigenvalue weighted by Gasteiger charge is -2.33. The standard InChI is InChI=1S/C30H40N6O2S/c1-22(37)31-25-11-16-36(19-25)30-32-28(27-26(21-39-29(27)33-30)24-7-3-2-4-8-24)35-14-9-23(10-15-35)20-38-18-17-34-12-5-6-13-34/h2-4,7-8,21,23,25H,5-6,9-20H2,1H3,(H,31,37). The molecule has 5 heterocycles. The summed E-state index contributed by atoms with van der Waals surface area (Å²) in [6, 6.07) is 10.7. The molecule has 1 amide bonds. The fraction of sp³-hybridized carbons (Fsp3) is 0.567. The van der Waals surface area contributed by atoms with Gasteiger partial charge in [0.1, 0.15) is 10.6 Å². The van der Waals surface area contributed by atoms with E-state index in [0.29, 0.717) is 5.92 Å². The number of carbonyl (C=O) groups is 1. The number of ether oxygens (including phenoxy) is 1. The van der Waals surface area contributed by atoms with Crippen LogP contribution in [0.25, 0.3) is 21.3 Å². The van der Waals surface area contributed by atoms with Gasteiger partial charge in [-0.25, -0.2) is 4.98 Å². The van der Waals surface area contributed by atoms with Crippen molar-refractivity contribution in [2.75, 3.05) is 68.8 Å². The minimum Gasteiger partial charge on any atom is -0.380 e. The van der Waals surface area contributed by atoms with Crippen molar-refractivity contribution in [1.29, 1.82) is 0 Å². The highest BCUT2D eigenvalue weighted by Gasteiger charge is 2.29. The van der Waals surface area contributed by atoms with Crippen molar-refractivity contribution in [1.82, 2.24) is 20.2 Å². The summed E-state index contributed by atoms with van der Waals surface area (Å²) in [7, 11) is 0. The van der Waals surface area contributed by atoms with Crippen LogP contribution in [0.5, 0.6) is 0 Å². The molecule has 0 spiro atoms. The number of likely N-dealkylation sites (tertiary alicyclic amines) is 1. The summed E-state index contributed by atoms with van der Waals surface area (Å²) in [5, 5.41) is 6.45. The van der Waals surface area contributed by atoms with Gasteiger partial charge in [-0.3, -0.25) is 4.79 Å². The van der Waals surface area contributed by atoms with Crippen LogP contribution in [-0.4, -0.2) is 85.8 Å². The minimum absolute atomic E-state index is 0.0209. The fourth-order valence-corrected chi connectivity index (χ4v) is 7.16. The molecule has 39 heavy (non-hydrogen) atoms. The van der Waals surface area contributed by atoms with Gasteiger partial charge in [-0.2, -0.15) is 4.98 Å². The van der Waals surface area contributed by atoms with E-state index >= 15 is 0 Å². The van der Waals surface area contributed by atoms with Crippen molar-refractivity contribution in [3.05, 3.63) is 35.7 Å². The van der Waals surface area contributed by atoms with Gasteiger partial charge in [0.2, 0.25) is 11.9 Å². The van der Waals surface area contributed by atoms with Gasteiger partial charge in [-0.1, -0.05) is 30.3 Å². The summed E-state index contributed by atoms with van der Waals surface area (Å²) >= 11 is 1.70. The van der Waals surface area contributed by atoms with Crippen molar-refractivity contribution >= 4 is 39.2 Å². The number of carbonyl (C=O) groups excluding carboxylic acids is 1. The number of piperidine rings is 1. The lowest BCUT2D eigenvalue weighted by molar-refractivity contribution is -0.119. The van der Waals surface area contributed by atoms with Crippen LogP contribution in [0.15, 0.2) is 35.7 Å². The molecule has 3 aliphatic rings. The van der Waals surface area contributed by atoms with Crippen LogP contribution in [0.4, 0.5) is 11.8 Å². The summed E-state index contributed by atoms with van der Waals surface area (Å²) in [6.45, 7) is 10.4. The maximum absolute atomic E-state index is 11.6. The van der Waals surface area contributed by atoms with Crippen LogP contribution in [-0.2, 0) is 9.53 Å². The lowest BCUT2D eigenvalue weighted by atomic mass is 9.97. The fourth-order valence-electron chi connectivity index (χ4n) is 6.22. The van der Waals surface area contributed by atoms with E-state index in [9.17, 15) is 4.79 Å². The number of hydrogen-bond donors (Lipinski definition) is 1. The molecule has 0 aliphatic carbocycles. The van der Waals surface area contributed by atoms with Gasteiger partial charge in [-0.15, -0.1) is 11.3 Å². The van der Waals surface area contributed by atoms with E-state index in [4.69, 9.17) is 14.7 Å². The predicted octanol–water partition coefficient (Wildman–Crippen LogP) is 4.40. The van der Waals surface area contributed by atoms with Gasteiger partial charge in [-0.05, 0) is 56.7 Å². The highest BCUT2D eigenvalue weighted by atomic mass is 32.1. The molecule has 1 aromatic carbocycles. The number of rotatable bonds is 9. The monoisotopic (exact) mass is 548 g/mol. The number of benzene rings is 1. The maximum atomic E-state index is 11.6. The number of anilines is 2. The molecule has 1 unspecified atom stereocenters. The predicted molar refractivity (Wildman–Crippen MR) is 159 cm³/mol. The topological polar surface area (TPSA) is 73.8 Å². The Balaban J connectivity index is 1.19. The van der Waals surface area contributed by atoms with Gasteiger partial charge in [0.05, 0.1) is 12.0 Å². The van der Waals surface area contributed by atoms with Crippen LogP contribution in [0.3, 0.4) is 0 Å². The highest BCUT2D eigenvalue weighted by Crippen LogP contribution is 2.40. The third-order valence-corrected chi connectivity index (χ3v) is 9.26. The molecule has 0 radical (unpaired) electrons. The summed E-state index contributed by atoms with van der Waals surface area (Å²) < 4.78 is 6.11. The molecular weight excluding hydrogens is 508 g/mol. The third kappa shape index (κ3) is 6.21. The number of thiophene rings is 1. The van der Waals surface area contributed by atoms with E-state index < -0.39 is 0 Å². The number of aromatic nitrogens is 2. The van der Waals surface area contributed by atoms with Gasteiger partial charge < -0.3 is 24.8 Å². The Bertz CT molecular complexity index is 1250. The second-order valence-electron chi connectivity index (χ2n) is 11.2. The van der Waals surface area contributed by atoms with Crippen LogP contribution >= 0.6 is 11.3 Å². The van der Waals surface area contributed by atoms with Crippen molar-refractivity contribution in [2.45, 2.75) is 45.1 Å². The van der Waals surface area contributed by atoms with E-state index in [1.807, 2.05) is 0 Å². The Morgan fingerprint density at radius 3 is 2.56 bits per heavy atom. The van der Waals surface area contributed by atoms with Gasteiger partial charge >= 0.3 is 0 Å². The quantitative estimate of drug-likeness (QED) is 0.397. The zero-order valence-electron chi connectivity index (χ0n) is 23.0. The number of fused-ring (bicyclic) bond motifs is 1. The van der Waals surface area contributed by atoms with Crippen LogP contribution in [0.1, 0.15) is 39.0 Å². The van der Waals surface area contributed by atoms with Gasteiger partial charge in [0.25, 0.3) is 0 Å². The average molecular weight is 549 g/mol. The normalized spacial score (nSPS) is 20.8. The van der Waals surface area contributed by atoms with Gasteiger partial charge in [0, 0.05) is 63.2 Å². The largest absolute Gasteiger partial charge is 0.380 e. The SMILES string of the molecule is CC(=O)NC1CCN(c2nc(N3CCC(COCCN4CCCC4)CC3)c3c(-c4ccccc4)csc3n2)C1. The van der Waals surface area contributed by atoms with Crippen molar-refractivity contribution in [2.24, 2.45) is 5.92 Å². The smallest absolute Gasteiger partial charge is 0.228 e. The average Bonchev–Trinajstić information content (AvgIpc) is 3.73. The highest BCUT2D eigenvalue weighted by molar-refractivity contribution is 7.17. The summed E-state index contributed by atoms with van der Waals surface area (Å²) in [6.07, 6.45) is 5.81. The van der Waals surface area contributed by atoms with Gasteiger partial charge in [0.15, 0.2) is 0 Å². The zero-order valence-corrected chi connectivity index (χ0v) is 23.8. The second kappa shape index (κ2) is 12.2. The first-order valence-corrected chi connectivity index (χ1v) is 15.4. The number of nitrogens with zero attached hydrogens (tertiary/aromatic N) is 5. The molecule has 3 fully saturated rings. The van der Waals surface area contributed by atoms with E-state index in [1.54, 1.807) is 18.3 Å².